The predicted molar refractivity (Wildman–Crippen MR) is 124 cm³/mol. The average Bonchev–Trinajstić information content (AvgIpc) is 3.43. The van der Waals surface area contributed by atoms with Crippen LogP contribution in [0, 0.1) is 29.3 Å². The van der Waals surface area contributed by atoms with Crippen LogP contribution in [-0.2, 0) is 4.74 Å². The molecule has 1 aromatic carbocycles. The van der Waals surface area contributed by atoms with Crippen LogP contribution in [0.3, 0.4) is 0 Å². The zero-order valence-corrected chi connectivity index (χ0v) is 19.3. The molecule has 1 aliphatic heterocycles. The van der Waals surface area contributed by atoms with E-state index in [4.69, 9.17) is 9.72 Å². The van der Waals surface area contributed by atoms with Crippen molar-refractivity contribution in [2.45, 2.75) is 58.0 Å². The van der Waals surface area contributed by atoms with Crippen LogP contribution in [0.2, 0.25) is 0 Å². The Balaban J connectivity index is 1.45. The lowest BCUT2D eigenvalue weighted by molar-refractivity contribution is 0.187. The third-order valence-electron chi connectivity index (χ3n) is 7.00. The minimum atomic E-state index is -1.04. The third-order valence-corrected chi connectivity index (χ3v) is 7.00. The fraction of sp³-hybridized carbons (Fsp3) is 0.542. The second-order valence-corrected chi connectivity index (χ2v) is 9.59. The van der Waals surface area contributed by atoms with Crippen LogP contribution >= 0.6 is 0 Å². The number of ether oxygens (including phenoxy) is 1. The Labute approximate surface area is 196 Å². The summed E-state index contributed by atoms with van der Waals surface area (Å²) in [4.78, 5) is 13.7. The van der Waals surface area contributed by atoms with E-state index < -0.39 is 23.1 Å². The summed E-state index contributed by atoms with van der Waals surface area (Å²) in [5, 5.41) is 6.17. The smallest absolute Gasteiger partial charge is 0.224 e. The number of nitrogens with zero attached hydrogens (tertiary/aromatic N) is 4. The lowest BCUT2D eigenvalue weighted by atomic mass is 9.80. The Morgan fingerprint density at radius 3 is 2.41 bits per heavy atom. The molecule has 2 aliphatic rings. The van der Waals surface area contributed by atoms with Crippen molar-refractivity contribution in [3.05, 3.63) is 35.8 Å². The first-order chi connectivity index (χ1) is 16.4. The molecule has 1 saturated carbocycles. The molecule has 1 saturated heterocycles. The molecule has 0 bridgehead atoms. The zero-order valence-electron chi connectivity index (χ0n) is 19.3. The number of nitrogens with one attached hydrogen (secondary N) is 2. The summed E-state index contributed by atoms with van der Waals surface area (Å²) in [5.41, 5.74) is 0.575. The minimum Gasteiger partial charge on any atom is -0.379 e. The van der Waals surface area contributed by atoms with E-state index in [9.17, 15) is 13.2 Å². The molecule has 10 heteroatoms. The van der Waals surface area contributed by atoms with E-state index in [0.717, 1.165) is 18.8 Å². The van der Waals surface area contributed by atoms with Gasteiger partial charge in [0.15, 0.2) is 17.3 Å². The van der Waals surface area contributed by atoms with E-state index in [2.05, 4.69) is 34.4 Å². The monoisotopic (exact) mass is 474 g/mol. The molecule has 0 radical (unpaired) electrons. The summed E-state index contributed by atoms with van der Waals surface area (Å²) < 4.78 is 49.4. The van der Waals surface area contributed by atoms with Crippen LogP contribution in [0.25, 0.3) is 11.2 Å². The average molecular weight is 475 g/mol. The molecule has 3 heterocycles. The van der Waals surface area contributed by atoms with Gasteiger partial charge in [0.25, 0.3) is 0 Å². The third kappa shape index (κ3) is 4.55. The van der Waals surface area contributed by atoms with Gasteiger partial charge in [-0.2, -0.15) is 4.98 Å². The van der Waals surface area contributed by atoms with E-state index in [0.29, 0.717) is 60.8 Å². The van der Waals surface area contributed by atoms with Gasteiger partial charge < -0.3 is 15.4 Å². The molecule has 2 fully saturated rings. The van der Waals surface area contributed by atoms with Crippen LogP contribution in [-0.4, -0.2) is 38.8 Å². The number of fused-ring (bicyclic) bond motifs is 1. The molecule has 182 valence electrons. The van der Waals surface area contributed by atoms with E-state index in [1.165, 1.54) is 12.8 Å². The lowest BCUT2D eigenvalue weighted by Gasteiger charge is -2.31. The summed E-state index contributed by atoms with van der Waals surface area (Å²) in [7, 11) is 0. The molecular weight excluding hydrogens is 445 g/mol. The molecule has 34 heavy (non-hydrogen) atoms. The second-order valence-electron chi connectivity index (χ2n) is 9.59. The Hall–Kier alpha value is -2.88. The van der Waals surface area contributed by atoms with Crippen LogP contribution in [0.15, 0.2) is 18.3 Å². The number of aromatic nitrogens is 4. The highest BCUT2D eigenvalue weighted by Gasteiger charge is 2.27. The molecule has 0 unspecified atom stereocenters. The van der Waals surface area contributed by atoms with Crippen molar-refractivity contribution in [3.63, 3.8) is 0 Å². The van der Waals surface area contributed by atoms with E-state index in [1.807, 2.05) is 0 Å². The first-order valence-corrected chi connectivity index (χ1v) is 11.9. The quantitative estimate of drug-likeness (QED) is 0.486. The van der Waals surface area contributed by atoms with Crippen LogP contribution in [0.1, 0.15) is 52.0 Å². The highest BCUT2D eigenvalue weighted by Crippen LogP contribution is 2.33. The fourth-order valence-corrected chi connectivity index (χ4v) is 5.01. The van der Waals surface area contributed by atoms with Crippen molar-refractivity contribution in [2.75, 3.05) is 23.8 Å². The predicted octanol–water partition coefficient (Wildman–Crippen LogP) is 5.58. The van der Waals surface area contributed by atoms with E-state index >= 15 is 0 Å². The van der Waals surface area contributed by atoms with Gasteiger partial charge >= 0.3 is 0 Å². The molecule has 7 nitrogen and oxygen atoms in total. The van der Waals surface area contributed by atoms with Gasteiger partial charge in [0.2, 0.25) is 11.9 Å². The van der Waals surface area contributed by atoms with E-state index in [-0.39, 0.29) is 12.0 Å². The number of rotatable bonds is 6. The van der Waals surface area contributed by atoms with Gasteiger partial charge in [0.05, 0.1) is 18.8 Å². The number of benzene rings is 1. The van der Waals surface area contributed by atoms with Crippen LogP contribution < -0.4 is 10.6 Å². The molecule has 2 N–H and O–H groups in total. The van der Waals surface area contributed by atoms with Crippen molar-refractivity contribution in [3.8, 4) is 0 Å². The topological polar surface area (TPSA) is 76.9 Å². The SMILES string of the molecule is CC(C)[C@H]1CC[C@H](Nc2ncc3nc(Nc4c(F)cc(F)cc4F)n([C@H]4CCOC4)c3n2)CC1. The van der Waals surface area contributed by atoms with Gasteiger partial charge in [-0.15, -0.1) is 0 Å². The number of halogens is 3. The summed E-state index contributed by atoms with van der Waals surface area (Å²) in [5.74, 6) is -0.898. The second kappa shape index (κ2) is 9.40. The fourth-order valence-electron chi connectivity index (χ4n) is 5.01. The highest BCUT2D eigenvalue weighted by molar-refractivity contribution is 5.76. The molecule has 2 aromatic heterocycles. The molecular formula is C24H29F3N6O. The van der Waals surface area contributed by atoms with Crippen LogP contribution in [0.5, 0.6) is 0 Å². The number of anilines is 3. The lowest BCUT2D eigenvalue weighted by Crippen LogP contribution is -2.28. The maximum Gasteiger partial charge on any atom is 0.224 e. The molecule has 1 atom stereocenters. The highest BCUT2D eigenvalue weighted by atomic mass is 19.1. The Morgan fingerprint density at radius 1 is 1.03 bits per heavy atom. The maximum absolute atomic E-state index is 14.3. The van der Waals surface area contributed by atoms with Crippen molar-refractivity contribution in [1.29, 1.82) is 0 Å². The summed E-state index contributed by atoms with van der Waals surface area (Å²) in [6, 6.07) is 1.46. The van der Waals surface area contributed by atoms with Gasteiger partial charge in [-0.3, -0.25) is 4.57 Å². The Bertz CT molecular complexity index is 1150. The normalized spacial score (nSPS) is 23.1. The minimum absolute atomic E-state index is 0.108. The molecule has 5 rings (SSSR count). The van der Waals surface area contributed by atoms with Gasteiger partial charge in [-0.1, -0.05) is 13.8 Å². The number of imidazole rings is 1. The molecule has 1 aliphatic carbocycles. The largest absolute Gasteiger partial charge is 0.379 e. The van der Waals surface area contributed by atoms with Crippen molar-refractivity contribution >= 4 is 28.7 Å². The molecule has 3 aromatic rings. The summed E-state index contributed by atoms with van der Waals surface area (Å²) >= 11 is 0. The standard InChI is InChI=1S/C24H29F3N6O/c1-13(2)14-3-5-16(6-4-14)29-23-28-11-20-22(32-23)33(17-7-8-34-12-17)24(30-20)31-21-18(26)9-15(25)10-19(21)27/h9-11,13-14,16-17H,3-8,12H2,1-2H3,(H,30,31)(H,28,29,32)/t14-,16-,17-/m0/s1. The van der Waals surface area contributed by atoms with Crippen LogP contribution in [0.4, 0.5) is 30.8 Å². The van der Waals surface area contributed by atoms with Gasteiger partial charge in [0.1, 0.15) is 17.0 Å². The van der Waals surface area contributed by atoms with Crippen molar-refractivity contribution in [1.82, 2.24) is 19.5 Å². The molecule has 0 amide bonds. The van der Waals surface area contributed by atoms with Gasteiger partial charge in [-0.05, 0) is 43.9 Å². The zero-order chi connectivity index (χ0) is 23.8. The van der Waals surface area contributed by atoms with Crippen molar-refractivity contribution in [2.24, 2.45) is 11.8 Å². The molecule has 0 spiro atoms. The maximum atomic E-state index is 14.3. The summed E-state index contributed by atoms with van der Waals surface area (Å²) in [6.07, 6.45) is 6.81. The number of hydrogen-bond acceptors (Lipinski definition) is 6. The first-order valence-electron chi connectivity index (χ1n) is 11.9. The Morgan fingerprint density at radius 2 is 1.76 bits per heavy atom. The van der Waals surface area contributed by atoms with E-state index in [1.54, 1.807) is 10.8 Å². The van der Waals surface area contributed by atoms with Gasteiger partial charge in [0, 0.05) is 24.8 Å². The van der Waals surface area contributed by atoms with Gasteiger partial charge in [-0.25, -0.2) is 23.1 Å². The summed E-state index contributed by atoms with van der Waals surface area (Å²) in [6.45, 7) is 5.55. The van der Waals surface area contributed by atoms with Crippen molar-refractivity contribution < 1.29 is 17.9 Å². The first kappa shape index (κ1) is 22.9. The Kier molecular flexibility index (Phi) is 6.33. The number of hydrogen-bond donors (Lipinski definition) is 2.